The molecule has 0 N–H and O–H groups in total. The topological polar surface area (TPSA) is 26.3 Å². The normalized spacial score (nSPS) is 11.7. The zero-order valence-electron chi connectivity index (χ0n) is 18.0. The molecule has 0 rings (SSSR count). The summed E-state index contributed by atoms with van der Waals surface area (Å²) in [5, 5.41) is 0. The highest BCUT2D eigenvalue weighted by atomic mass is 19.3. The maximum absolute atomic E-state index is 13.3. The van der Waals surface area contributed by atoms with Gasteiger partial charge in [0.25, 0.3) is 0 Å². The third kappa shape index (κ3) is 17.2. The van der Waals surface area contributed by atoms with Crippen LogP contribution in [0.5, 0.6) is 0 Å². The van der Waals surface area contributed by atoms with Crippen LogP contribution in [0.3, 0.4) is 0 Å². The molecule has 0 aromatic carbocycles. The molecule has 0 aliphatic rings. The van der Waals surface area contributed by atoms with E-state index in [-0.39, 0.29) is 0 Å². The summed E-state index contributed by atoms with van der Waals surface area (Å²) in [6.07, 6.45) is 21.9. The smallest absolute Gasteiger partial charge is 0.376 e. The lowest BCUT2D eigenvalue weighted by Gasteiger charge is -2.12. The van der Waals surface area contributed by atoms with Gasteiger partial charge in [-0.3, -0.25) is 0 Å². The Morgan fingerprint density at radius 3 is 1.22 bits per heavy atom. The number of methoxy groups -OCH3 is 1. The number of hydrogen-bond donors (Lipinski definition) is 0. The van der Waals surface area contributed by atoms with Gasteiger partial charge in [-0.2, -0.15) is 8.78 Å². The third-order valence-electron chi connectivity index (χ3n) is 5.33. The van der Waals surface area contributed by atoms with Crippen LogP contribution in [0, 0.1) is 0 Å². The number of esters is 1. The van der Waals surface area contributed by atoms with E-state index in [2.05, 4.69) is 11.7 Å². The van der Waals surface area contributed by atoms with Crippen LogP contribution in [0.25, 0.3) is 0 Å². The van der Waals surface area contributed by atoms with Crippen LogP contribution in [0.1, 0.15) is 129 Å². The van der Waals surface area contributed by atoms with Crippen LogP contribution in [0.4, 0.5) is 8.78 Å². The minimum absolute atomic E-state index is 0.390. The maximum atomic E-state index is 13.3. The average Bonchev–Trinajstić information content (AvgIpc) is 2.66. The van der Waals surface area contributed by atoms with Gasteiger partial charge in [0.15, 0.2) is 0 Å². The van der Waals surface area contributed by atoms with Gasteiger partial charge >= 0.3 is 11.9 Å². The van der Waals surface area contributed by atoms with Gasteiger partial charge in [-0.25, -0.2) is 4.79 Å². The molecular weight excluding hydrogens is 346 g/mol. The van der Waals surface area contributed by atoms with Gasteiger partial charge < -0.3 is 4.74 Å². The Labute approximate surface area is 166 Å². The Bertz CT molecular complexity index is 332. The minimum Gasteiger partial charge on any atom is -0.465 e. The minimum atomic E-state index is -3.32. The summed E-state index contributed by atoms with van der Waals surface area (Å²) in [5.74, 6) is -4.72. The predicted molar refractivity (Wildman–Crippen MR) is 110 cm³/mol. The summed E-state index contributed by atoms with van der Waals surface area (Å²) in [6.45, 7) is 2.26. The van der Waals surface area contributed by atoms with Crippen molar-refractivity contribution in [2.24, 2.45) is 0 Å². The molecule has 0 saturated heterocycles. The Morgan fingerprint density at radius 2 is 0.926 bits per heavy atom. The molecule has 0 amide bonds. The molecule has 27 heavy (non-hydrogen) atoms. The van der Waals surface area contributed by atoms with Crippen molar-refractivity contribution in [2.75, 3.05) is 7.11 Å². The van der Waals surface area contributed by atoms with E-state index in [1.54, 1.807) is 0 Å². The van der Waals surface area contributed by atoms with E-state index in [4.69, 9.17) is 0 Å². The second-order valence-electron chi connectivity index (χ2n) is 7.96. The fourth-order valence-corrected chi connectivity index (χ4v) is 3.50. The summed E-state index contributed by atoms with van der Waals surface area (Å²) in [7, 11) is 1.01. The number of carbonyl (C=O) groups excluding carboxylic acids is 1. The Hall–Kier alpha value is -0.670. The van der Waals surface area contributed by atoms with E-state index >= 15 is 0 Å². The lowest BCUT2D eigenvalue weighted by molar-refractivity contribution is -0.169. The molecule has 162 valence electrons. The van der Waals surface area contributed by atoms with Crippen molar-refractivity contribution >= 4 is 5.97 Å². The molecule has 0 aliphatic carbocycles. The van der Waals surface area contributed by atoms with Crippen LogP contribution >= 0.6 is 0 Å². The van der Waals surface area contributed by atoms with Gasteiger partial charge in [0, 0.05) is 6.42 Å². The number of ether oxygens (including phenoxy) is 1. The van der Waals surface area contributed by atoms with Gasteiger partial charge in [-0.05, 0) is 6.42 Å². The van der Waals surface area contributed by atoms with E-state index in [0.29, 0.717) is 6.42 Å². The molecule has 0 spiro atoms. The second kappa shape index (κ2) is 18.7. The molecule has 0 fully saturated rings. The fraction of sp³-hybridized carbons (Fsp3) is 0.957. The summed E-state index contributed by atoms with van der Waals surface area (Å²) in [6, 6.07) is 0. The Balaban J connectivity index is 3.18. The van der Waals surface area contributed by atoms with E-state index in [1.165, 1.54) is 89.9 Å². The third-order valence-corrected chi connectivity index (χ3v) is 5.33. The van der Waals surface area contributed by atoms with Crippen LogP contribution in [-0.2, 0) is 9.53 Å². The first-order chi connectivity index (χ1) is 13.0. The molecule has 0 atom stereocenters. The highest BCUT2D eigenvalue weighted by molar-refractivity contribution is 5.77. The van der Waals surface area contributed by atoms with E-state index in [0.717, 1.165) is 26.4 Å². The molecular formula is C23H44F2O2. The molecule has 0 aromatic heterocycles. The molecule has 0 saturated carbocycles. The lowest BCUT2D eigenvalue weighted by atomic mass is 10.0. The fourth-order valence-electron chi connectivity index (χ4n) is 3.50. The van der Waals surface area contributed by atoms with Crippen molar-refractivity contribution in [1.29, 1.82) is 0 Å². The van der Waals surface area contributed by atoms with Gasteiger partial charge in [0.1, 0.15) is 0 Å². The number of unbranched alkanes of at least 4 members (excludes halogenated alkanes) is 17. The Kier molecular flexibility index (Phi) is 18.2. The lowest BCUT2D eigenvalue weighted by Crippen LogP contribution is -2.29. The molecule has 0 bridgehead atoms. The van der Waals surface area contributed by atoms with Gasteiger partial charge in [-0.1, -0.05) is 116 Å². The highest BCUT2D eigenvalue weighted by Gasteiger charge is 2.38. The molecule has 0 aliphatic heterocycles. The first-order valence-corrected chi connectivity index (χ1v) is 11.5. The maximum Gasteiger partial charge on any atom is 0.376 e. The van der Waals surface area contributed by atoms with Crippen molar-refractivity contribution in [1.82, 2.24) is 0 Å². The van der Waals surface area contributed by atoms with Crippen molar-refractivity contribution < 1.29 is 18.3 Å². The summed E-state index contributed by atoms with van der Waals surface area (Å²) in [5.41, 5.74) is 0. The first-order valence-electron chi connectivity index (χ1n) is 11.5. The van der Waals surface area contributed by atoms with Crippen LogP contribution < -0.4 is 0 Å². The van der Waals surface area contributed by atoms with Crippen LogP contribution in [0.15, 0.2) is 0 Å². The first kappa shape index (κ1) is 26.3. The zero-order chi connectivity index (χ0) is 20.2. The van der Waals surface area contributed by atoms with Crippen molar-refractivity contribution in [3.63, 3.8) is 0 Å². The van der Waals surface area contributed by atoms with E-state index < -0.39 is 18.3 Å². The summed E-state index contributed by atoms with van der Waals surface area (Å²) >= 11 is 0. The molecule has 0 aromatic rings. The van der Waals surface area contributed by atoms with Crippen LogP contribution in [0.2, 0.25) is 0 Å². The second-order valence-corrected chi connectivity index (χ2v) is 7.96. The van der Waals surface area contributed by atoms with Gasteiger partial charge in [0.05, 0.1) is 7.11 Å². The summed E-state index contributed by atoms with van der Waals surface area (Å²) < 4.78 is 30.6. The quantitative estimate of drug-likeness (QED) is 0.154. The van der Waals surface area contributed by atoms with Gasteiger partial charge in [0.2, 0.25) is 0 Å². The molecule has 0 heterocycles. The number of hydrogen-bond acceptors (Lipinski definition) is 2. The highest BCUT2D eigenvalue weighted by Crippen LogP contribution is 2.23. The molecule has 2 nitrogen and oxygen atoms in total. The number of carbonyl (C=O) groups is 1. The van der Waals surface area contributed by atoms with Crippen molar-refractivity contribution in [2.45, 2.75) is 135 Å². The number of alkyl halides is 2. The summed E-state index contributed by atoms with van der Waals surface area (Å²) in [4.78, 5) is 10.9. The average molecular weight is 391 g/mol. The molecule has 0 radical (unpaired) electrons. The van der Waals surface area contributed by atoms with E-state index in [9.17, 15) is 13.6 Å². The van der Waals surface area contributed by atoms with Gasteiger partial charge in [-0.15, -0.1) is 0 Å². The van der Waals surface area contributed by atoms with Crippen LogP contribution in [-0.4, -0.2) is 19.0 Å². The number of halogens is 2. The van der Waals surface area contributed by atoms with Crippen molar-refractivity contribution in [3.05, 3.63) is 0 Å². The zero-order valence-corrected chi connectivity index (χ0v) is 18.0. The standard InChI is InChI=1S/C23H44F2O2/c1-3-4-5-6-7-8-9-10-11-12-13-14-15-16-17-18-19-20-21-23(24,25)22(26)27-2/h3-21H2,1-2H3. The molecule has 0 unspecified atom stereocenters. The van der Waals surface area contributed by atoms with Crippen molar-refractivity contribution in [3.8, 4) is 0 Å². The predicted octanol–water partition coefficient (Wildman–Crippen LogP) is 8.23. The largest absolute Gasteiger partial charge is 0.465 e. The van der Waals surface area contributed by atoms with E-state index in [1.807, 2.05) is 0 Å². The Morgan fingerprint density at radius 1 is 0.630 bits per heavy atom. The number of rotatable bonds is 20. The monoisotopic (exact) mass is 390 g/mol. The SMILES string of the molecule is CCCCCCCCCCCCCCCCCCCCC(F)(F)C(=O)OC. The molecule has 4 heteroatoms.